The van der Waals surface area contributed by atoms with Gasteiger partial charge in [0.15, 0.2) is 11.5 Å². The molecule has 0 radical (unpaired) electrons. The fraction of sp³-hybridized carbons (Fsp3) is 0.417. The van der Waals surface area contributed by atoms with Gasteiger partial charge in [-0.1, -0.05) is 25.5 Å². The van der Waals surface area contributed by atoms with E-state index in [1.54, 1.807) is 43.0 Å². The number of methoxy groups -OCH3 is 2. The molecule has 1 heterocycles. The van der Waals surface area contributed by atoms with E-state index in [1.807, 2.05) is 30.5 Å². The van der Waals surface area contributed by atoms with Crippen LogP contribution in [0.25, 0.3) is 0 Å². The smallest absolute Gasteiger partial charge is 0.254 e. The molecule has 0 aliphatic carbocycles. The van der Waals surface area contributed by atoms with Crippen LogP contribution in [0.2, 0.25) is 0 Å². The minimum absolute atomic E-state index is 0.0970. The largest absolute Gasteiger partial charge is 0.493 e. The topological polar surface area (TPSA) is 67.9 Å². The molecule has 0 unspecified atom stereocenters. The van der Waals surface area contributed by atoms with Crippen LogP contribution in [0.3, 0.4) is 0 Å². The molecule has 1 aliphatic rings. The van der Waals surface area contributed by atoms with Gasteiger partial charge in [-0.2, -0.15) is 0 Å². The van der Waals surface area contributed by atoms with Crippen molar-refractivity contribution < 1.29 is 19.1 Å². The minimum Gasteiger partial charge on any atom is -0.493 e. The maximum atomic E-state index is 13.4. The quantitative estimate of drug-likeness (QED) is 0.489. The summed E-state index contributed by atoms with van der Waals surface area (Å²) in [7, 11) is 4.84. The van der Waals surface area contributed by atoms with Crippen molar-refractivity contribution in [2.45, 2.75) is 36.6 Å². The number of hydrogen-bond donors (Lipinski definition) is 1. The van der Waals surface area contributed by atoms with E-state index in [0.29, 0.717) is 29.2 Å². The van der Waals surface area contributed by atoms with Crippen LogP contribution in [-0.4, -0.2) is 50.8 Å². The minimum atomic E-state index is -0.561. The molecule has 2 aromatic carbocycles. The van der Waals surface area contributed by atoms with Gasteiger partial charge >= 0.3 is 0 Å². The summed E-state index contributed by atoms with van der Waals surface area (Å²) in [5.74, 6) is 0.166. The Morgan fingerprint density at radius 2 is 1.77 bits per heavy atom. The number of carbonyl (C=O) groups is 2. The van der Waals surface area contributed by atoms with E-state index in [1.165, 1.54) is 7.11 Å². The monoisotopic (exact) mass is 442 g/mol. The second-order valence-corrected chi connectivity index (χ2v) is 8.43. The Bertz CT molecular complexity index is 945. The van der Waals surface area contributed by atoms with E-state index in [0.717, 1.165) is 23.3 Å². The summed E-state index contributed by atoms with van der Waals surface area (Å²) in [6.45, 7) is 2.69. The van der Waals surface area contributed by atoms with Crippen molar-refractivity contribution in [3.05, 3.63) is 53.1 Å². The standard InChI is InChI=1S/C24H30N2O4S/c1-6-7-12-25-23(27)21-17-13-19(29-3)20(30-4)14-18(17)24(28)26(2)22(21)15-8-10-16(31-5)11-9-15/h8-11,13-14,21-22H,6-7,12H2,1-5H3,(H,25,27)/t21-,22+/m0/s1. The van der Waals surface area contributed by atoms with Crippen molar-refractivity contribution in [1.29, 1.82) is 0 Å². The average Bonchev–Trinajstić information content (AvgIpc) is 2.80. The number of likely N-dealkylation sites (N-methyl/N-ethyl adjacent to an activating group) is 1. The fourth-order valence-corrected chi connectivity index (χ4v) is 4.46. The van der Waals surface area contributed by atoms with Gasteiger partial charge in [0.05, 0.1) is 26.2 Å². The van der Waals surface area contributed by atoms with Crippen molar-refractivity contribution in [1.82, 2.24) is 10.2 Å². The van der Waals surface area contributed by atoms with Gasteiger partial charge in [0.1, 0.15) is 0 Å². The molecular formula is C24H30N2O4S. The summed E-state index contributed by atoms with van der Waals surface area (Å²) in [6.07, 6.45) is 3.91. The highest BCUT2D eigenvalue weighted by atomic mass is 32.2. The number of thioether (sulfide) groups is 1. The third kappa shape index (κ3) is 4.51. The van der Waals surface area contributed by atoms with Gasteiger partial charge in [0.2, 0.25) is 5.91 Å². The van der Waals surface area contributed by atoms with E-state index >= 15 is 0 Å². The molecule has 0 saturated carbocycles. The summed E-state index contributed by atoms with van der Waals surface area (Å²) in [5, 5.41) is 3.06. The van der Waals surface area contributed by atoms with E-state index < -0.39 is 12.0 Å². The zero-order valence-electron chi connectivity index (χ0n) is 18.7. The van der Waals surface area contributed by atoms with Crippen molar-refractivity contribution in [3.8, 4) is 11.5 Å². The maximum Gasteiger partial charge on any atom is 0.254 e. The van der Waals surface area contributed by atoms with Gasteiger partial charge in [-0.25, -0.2) is 0 Å². The molecular weight excluding hydrogens is 412 g/mol. The Morgan fingerprint density at radius 3 is 2.35 bits per heavy atom. The van der Waals surface area contributed by atoms with Gasteiger partial charge in [-0.05, 0) is 48.1 Å². The Balaban J connectivity index is 2.15. The summed E-state index contributed by atoms with van der Waals surface area (Å²) < 4.78 is 10.9. The van der Waals surface area contributed by atoms with Crippen molar-refractivity contribution >= 4 is 23.6 Å². The van der Waals surface area contributed by atoms with Crippen LogP contribution < -0.4 is 14.8 Å². The van der Waals surface area contributed by atoms with Crippen molar-refractivity contribution in [2.75, 3.05) is 34.1 Å². The highest BCUT2D eigenvalue weighted by molar-refractivity contribution is 7.98. The Kier molecular flexibility index (Phi) is 7.49. The SMILES string of the molecule is CCCCNC(=O)[C@H]1c2cc(OC)c(OC)cc2C(=O)N(C)[C@@H]1c1ccc(SC)cc1. The highest BCUT2D eigenvalue weighted by Crippen LogP contribution is 2.45. The molecule has 7 heteroatoms. The number of amides is 2. The molecule has 0 fully saturated rings. The molecule has 2 amide bonds. The van der Waals surface area contributed by atoms with E-state index in [9.17, 15) is 9.59 Å². The Morgan fingerprint density at radius 1 is 1.13 bits per heavy atom. The van der Waals surface area contributed by atoms with E-state index in [2.05, 4.69) is 12.2 Å². The molecule has 0 spiro atoms. The molecule has 1 N–H and O–H groups in total. The lowest BCUT2D eigenvalue weighted by Crippen LogP contribution is -2.45. The summed E-state index contributed by atoms with van der Waals surface area (Å²) >= 11 is 1.65. The molecule has 1 aliphatic heterocycles. The van der Waals surface area contributed by atoms with Crippen LogP contribution in [0.4, 0.5) is 0 Å². The number of nitrogens with zero attached hydrogens (tertiary/aromatic N) is 1. The average molecular weight is 443 g/mol. The molecule has 0 bridgehead atoms. The molecule has 2 atom stereocenters. The lowest BCUT2D eigenvalue weighted by molar-refractivity contribution is -0.124. The number of hydrogen-bond acceptors (Lipinski definition) is 5. The normalized spacial score (nSPS) is 17.8. The fourth-order valence-electron chi connectivity index (χ4n) is 4.05. The van der Waals surface area contributed by atoms with Crippen LogP contribution in [0.15, 0.2) is 41.3 Å². The third-order valence-electron chi connectivity index (χ3n) is 5.74. The van der Waals surface area contributed by atoms with Crippen molar-refractivity contribution in [3.63, 3.8) is 0 Å². The van der Waals surface area contributed by atoms with Gasteiger partial charge in [-0.3, -0.25) is 9.59 Å². The summed E-state index contributed by atoms with van der Waals surface area (Å²) in [5.41, 5.74) is 2.05. The van der Waals surface area contributed by atoms with E-state index in [4.69, 9.17) is 9.47 Å². The second-order valence-electron chi connectivity index (χ2n) is 7.55. The summed E-state index contributed by atoms with van der Waals surface area (Å²) in [4.78, 5) is 29.5. The molecule has 6 nitrogen and oxygen atoms in total. The zero-order valence-corrected chi connectivity index (χ0v) is 19.5. The molecule has 0 saturated heterocycles. The number of fused-ring (bicyclic) bond motifs is 1. The zero-order chi connectivity index (χ0) is 22.5. The van der Waals surface area contributed by atoms with Crippen LogP contribution in [0.5, 0.6) is 11.5 Å². The Labute approximate surface area is 188 Å². The number of carbonyl (C=O) groups excluding carboxylic acids is 2. The predicted octanol–water partition coefficient (Wildman–Crippen LogP) is 4.25. The maximum absolute atomic E-state index is 13.4. The van der Waals surface area contributed by atoms with Crippen molar-refractivity contribution in [2.24, 2.45) is 0 Å². The first-order valence-electron chi connectivity index (χ1n) is 10.4. The first-order valence-corrected chi connectivity index (χ1v) is 11.6. The van der Waals surface area contributed by atoms with Crippen LogP contribution >= 0.6 is 11.8 Å². The van der Waals surface area contributed by atoms with Gasteiger partial charge < -0.3 is 19.7 Å². The number of ether oxygens (including phenoxy) is 2. The predicted molar refractivity (Wildman–Crippen MR) is 123 cm³/mol. The molecule has 3 rings (SSSR count). The number of benzene rings is 2. The third-order valence-corrected chi connectivity index (χ3v) is 6.49. The van der Waals surface area contributed by atoms with Gasteiger partial charge in [0.25, 0.3) is 5.91 Å². The van der Waals surface area contributed by atoms with Gasteiger partial charge in [-0.15, -0.1) is 11.8 Å². The van der Waals surface area contributed by atoms with Crippen LogP contribution in [0.1, 0.15) is 53.2 Å². The second kappa shape index (κ2) is 10.1. The summed E-state index contributed by atoms with van der Waals surface area (Å²) in [6, 6.07) is 11.1. The number of unbranched alkanes of at least 4 members (excludes halogenated alkanes) is 1. The van der Waals surface area contributed by atoms with Gasteiger partial charge in [0, 0.05) is 24.1 Å². The van der Waals surface area contributed by atoms with E-state index in [-0.39, 0.29) is 11.8 Å². The lowest BCUT2D eigenvalue weighted by atomic mass is 9.79. The molecule has 2 aromatic rings. The molecule has 166 valence electrons. The Hall–Kier alpha value is -2.67. The first-order chi connectivity index (χ1) is 15.0. The number of nitrogens with one attached hydrogen (secondary N) is 1. The highest BCUT2D eigenvalue weighted by Gasteiger charge is 2.43. The lowest BCUT2D eigenvalue weighted by Gasteiger charge is -2.40. The van der Waals surface area contributed by atoms with Crippen LogP contribution in [-0.2, 0) is 4.79 Å². The van der Waals surface area contributed by atoms with Crippen LogP contribution in [0, 0.1) is 0 Å². The first kappa shape index (κ1) is 23.0. The number of rotatable bonds is 8. The molecule has 31 heavy (non-hydrogen) atoms. The molecule has 0 aromatic heterocycles.